The minimum Gasteiger partial charge on any atom is -0.312 e. The van der Waals surface area contributed by atoms with Crippen molar-refractivity contribution < 1.29 is 0 Å². The molecule has 0 radical (unpaired) electrons. The lowest BCUT2D eigenvalue weighted by Crippen LogP contribution is -2.18. The third-order valence-electron chi connectivity index (χ3n) is 3.07. The summed E-state index contributed by atoms with van der Waals surface area (Å²) in [5.41, 5.74) is 2.55. The van der Waals surface area contributed by atoms with Crippen molar-refractivity contribution in [1.29, 1.82) is 0 Å². The van der Waals surface area contributed by atoms with Gasteiger partial charge in [-0.3, -0.25) is 0 Å². The van der Waals surface area contributed by atoms with Crippen molar-refractivity contribution >= 4 is 23.1 Å². The van der Waals surface area contributed by atoms with Gasteiger partial charge in [0.2, 0.25) is 0 Å². The summed E-state index contributed by atoms with van der Waals surface area (Å²) in [6.07, 6.45) is 1.03. The molecular formula is C17H24N2S2. The van der Waals surface area contributed by atoms with Crippen LogP contribution in [-0.2, 0) is 18.7 Å². The van der Waals surface area contributed by atoms with Crippen LogP contribution in [0.2, 0.25) is 0 Å². The number of aromatic nitrogens is 1. The van der Waals surface area contributed by atoms with E-state index in [-0.39, 0.29) is 0 Å². The number of aryl methyl sites for hydroxylation is 1. The molecule has 0 saturated heterocycles. The van der Waals surface area contributed by atoms with Crippen LogP contribution in [-0.4, -0.2) is 11.5 Å². The Morgan fingerprint density at radius 3 is 2.90 bits per heavy atom. The molecular weight excluding hydrogens is 296 g/mol. The molecule has 0 atom stereocenters. The zero-order valence-corrected chi connectivity index (χ0v) is 14.7. The first-order chi connectivity index (χ1) is 10.2. The van der Waals surface area contributed by atoms with Crippen LogP contribution in [0.25, 0.3) is 0 Å². The van der Waals surface area contributed by atoms with Gasteiger partial charge < -0.3 is 5.32 Å². The van der Waals surface area contributed by atoms with Gasteiger partial charge in [0.15, 0.2) is 0 Å². The van der Waals surface area contributed by atoms with Crippen LogP contribution in [0.4, 0.5) is 0 Å². The van der Waals surface area contributed by atoms with E-state index in [1.807, 2.05) is 11.8 Å². The van der Waals surface area contributed by atoms with Gasteiger partial charge in [-0.15, -0.1) is 23.1 Å². The number of nitrogens with one attached hydrogen (secondary N) is 1. The number of benzene rings is 1. The quantitative estimate of drug-likeness (QED) is 0.711. The molecule has 4 heteroatoms. The average molecular weight is 321 g/mol. The zero-order chi connectivity index (χ0) is 15.1. The Hall–Kier alpha value is -0.840. The Balaban J connectivity index is 1.85. The predicted molar refractivity (Wildman–Crippen MR) is 94.0 cm³/mol. The van der Waals surface area contributed by atoms with Crippen molar-refractivity contribution in [3.8, 4) is 0 Å². The van der Waals surface area contributed by atoms with E-state index in [4.69, 9.17) is 0 Å². The first-order valence-electron chi connectivity index (χ1n) is 7.53. The summed E-state index contributed by atoms with van der Waals surface area (Å²) in [4.78, 5) is 5.94. The highest BCUT2D eigenvalue weighted by molar-refractivity contribution is 7.98. The Labute approximate surface area is 136 Å². The smallest absolute Gasteiger partial charge is 0.0925 e. The SMILES string of the molecule is CCc1nc(CSc2cccc(CNCC(C)C)c2)cs1. The van der Waals surface area contributed by atoms with Gasteiger partial charge in [-0.1, -0.05) is 32.9 Å². The summed E-state index contributed by atoms with van der Waals surface area (Å²) in [6, 6.07) is 8.80. The molecule has 0 spiro atoms. The molecule has 0 aliphatic carbocycles. The van der Waals surface area contributed by atoms with E-state index in [2.05, 4.69) is 60.7 Å². The number of nitrogens with zero attached hydrogens (tertiary/aromatic N) is 1. The molecule has 2 nitrogen and oxygen atoms in total. The van der Waals surface area contributed by atoms with Crippen LogP contribution in [0.15, 0.2) is 34.5 Å². The monoisotopic (exact) mass is 320 g/mol. The zero-order valence-electron chi connectivity index (χ0n) is 13.1. The summed E-state index contributed by atoms with van der Waals surface area (Å²) >= 11 is 3.63. The Morgan fingerprint density at radius 2 is 2.19 bits per heavy atom. The standard InChI is InChI=1S/C17H24N2S2/c1-4-17-19-15(12-21-17)11-20-16-7-5-6-14(8-16)10-18-9-13(2)3/h5-8,12-13,18H,4,9-11H2,1-3H3. The summed E-state index contributed by atoms with van der Waals surface area (Å²) in [5, 5.41) is 6.91. The van der Waals surface area contributed by atoms with Crippen molar-refractivity contribution in [2.75, 3.05) is 6.54 Å². The van der Waals surface area contributed by atoms with Crippen LogP contribution in [0.3, 0.4) is 0 Å². The number of thioether (sulfide) groups is 1. The molecule has 114 valence electrons. The van der Waals surface area contributed by atoms with E-state index in [0.29, 0.717) is 5.92 Å². The minimum absolute atomic E-state index is 0.694. The highest BCUT2D eigenvalue weighted by Crippen LogP contribution is 2.24. The fourth-order valence-electron chi connectivity index (χ4n) is 1.99. The number of hydrogen-bond acceptors (Lipinski definition) is 4. The third kappa shape index (κ3) is 5.81. The maximum Gasteiger partial charge on any atom is 0.0925 e. The van der Waals surface area contributed by atoms with Crippen molar-refractivity contribution in [3.05, 3.63) is 45.9 Å². The lowest BCUT2D eigenvalue weighted by atomic mass is 10.2. The summed E-state index contributed by atoms with van der Waals surface area (Å²) in [6.45, 7) is 8.64. The molecule has 0 saturated carbocycles. The first-order valence-corrected chi connectivity index (χ1v) is 9.39. The minimum atomic E-state index is 0.694. The van der Waals surface area contributed by atoms with Gasteiger partial charge in [0.05, 0.1) is 10.7 Å². The second-order valence-electron chi connectivity index (χ2n) is 5.55. The third-order valence-corrected chi connectivity index (χ3v) is 5.14. The molecule has 1 heterocycles. The van der Waals surface area contributed by atoms with Gasteiger partial charge in [-0.05, 0) is 36.6 Å². The molecule has 2 aromatic rings. The molecule has 1 N–H and O–H groups in total. The van der Waals surface area contributed by atoms with Gasteiger partial charge in [-0.2, -0.15) is 0 Å². The lowest BCUT2D eigenvalue weighted by molar-refractivity contribution is 0.552. The van der Waals surface area contributed by atoms with E-state index < -0.39 is 0 Å². The topological polar surface area (TPSA) is 24.9 Å². The van der Waals surface area contributed by atoms with Crippen molar-refractivity contribution in [2.45, 2.75) is 44.4 Å². The number of thiazole rings is 1. The first kappa shape index (κ1) is 16.5. The van der Waals surface area contributed by atoms with Crippen molar-refractivity contribution in [3.63, 3.8) is 0 Å². The number of rotatable bonds is 8. The maximum atomic E-state index is 4.62. The lowest BCUT2D eigenvalue weighted by Gasteiger charge is -2.08. The highest BCUT2D eigenvalue weighted by Gasteiger charge is 2.03. The van der Waals surface area contributed by atoms with E-state index in [1.165, 1.54) is 21.2 Å². The van der Waals surface area contributed by atoms with Crippen molar-refractivity contribution in [1.82, 2.24) is 10.3 Å². The highest BCUT2D eigenvalue weighted by atomic mass is 32.2. The normalized spacial score (nSPS) is 11.2. The Bertz CT molecular complexity index is 549. The molecule has 21 heavy (non-hydrogen) atoms. The van der Waals surface area contributed by atoms with Gasteiger partial charge in [0.25, 0.3) is 0 Å². The van der Waals surface area contributed by atoms with Crippen LogP contribution >= 0.6 is 23.1 Å². The van der Waals surface area contributed by atoms with Gasteiger partial charge in [-0.25, -0.2) is 4.98 Å². The molecule has 0 bridgehead atoms. The largest absolute Gasteiger partial charge is 0.312 e. The second kappa shape index (κ2) is 8.57. The fraction of sp³-hybridized carbons (Fsp3) is 0.471. The molecule has 2 rings (SSSR count). The molecule has 0 unspecified atom stereocenters. The molecule has 1 aromatic heterocycles. The molecule has 0 aliphatic heterocycles. The maximum absolute atomic E-state index is 4.62. The van der Waals surface area contributed by atoms with Crippen LogP contribution < -0.4 is 5.32 Å². The Kier molecular flexibility index (Phi) is 6.74. The van der Waals surface area contributed by atoms with Crippen LogP contribution in [0.1, 0.15) is 37.0 Å². The fourth-order valence-corrected chi connectivity index (χ4v) is 3.71. The molecule has 0 aliphatic rings. The molecule has 0 fully saturated rings. The average Bonchev–Trinajstić information content (AvgIpc) is 2.93. The van der Waals surface area contributed by atoms with Crippen molar-refractivity contribution in [2.24, 2.45) is 5.92 Å². The van der Waals surface area contributed by atoms with Crippen LogP contribution in [0.5, 0.6) is 0 Å². The summed E-state index contributed by atoms with van der Waals surface area (Å²) in [7, 11) is 0. The number of hydrogen-bond donors (Lipinski definition) is 1. The predicted octanol–water partition coefficient (Wildman–Crippen LogP) is 4.74. The van der Waals surface area contributed by atoms with E-state index in [0.717, 1.165) is 25.3 Å². The van der Waals surface area contributed by atoms with E-state index in [1.54, 1.807) is 11.3 Å². The van der Waals surface area contributed by atoms with Gasteiger partial charge in [0.1, 0.15) is 0 Å². The Morgan fingerprint density at radius 1 is 1.33 bits per heavy atom. The summed E-state index contributed by atoms with van der Waals surface area (Å²) < 4.78 is 0. The van der Waals surface area contributed by atoms with Gasteiger partial charge in [0, 0.05) is 22.6 Å². The second-order valence-corrected chi connectivity index (χ2v) is 7.54. The molecule has 0 amide bonds. The van der Waals surface area contributed by atoms with Gasteiger partial charge >= 0.3 is 0 Å². The molecule has 1 aromatic carbocycles. The van der Waals surface area contributed by atoms with E-state index >= 15 is 0 Å². The summed E-state index contributed by atoms with van der Waals surface area (Å²) in [5.74, 6) is 1.65. The van der Waals surface area contributed by atoms with Crippen LogP contribution in [0, 0.1) is 5.92 Å². The van der Waals surface area contributed by atoms with E-state index in [9.17, 15) is 0 Å².